The highest BCUT2D eigenvalue weighted by Gasteiger charge is 2.37. The summed E-state index contributed by atoms with van der Waals surface area (Å²) >= 11 is 12.0. The lowest BCUT2D eigenvalue weighted by atomic mass is 9.85. The number of aliphatic hydroxyl groups excluding tert-OH is 1. The number of nitrogens with zero attached hydrogens (tertiary/aromatic N) is 1. The lowest BCUT2D eigenvalue weighted by molar-refractivity contribution is -0.870. The van der Waals surface area contributed by atoms with Crippen molar-refractivity contribution in [2.24, 2.45) is 0 Å². The standard InChI is InChI=1S/C23H21Cl2NO6/c1-26(31)5-4-16(20(30)11-26)21-18(28)10-19(29)22-17(27)9-15(32-23(21)22)3-2-12-6-13(24)8-14(25)7-12/h2-3,6-10,16,20,28-30H,4-5,11H2,1H3/b3-2+/t16-,20+,26?/m0/s1. The van der Waals surface area contributed by atoms with Gasteiger partial charge in [0.1, 0.15) is 40.9 Å². The highest BCUT2D eigenvalue weighted by molar-refractivity contribution is 6.34. The number of quaternary nitrogens is 1. The van der Waals surface area contributed by atoms with Gasteiger partial charge < -0.3 is 29.6 Å². The fraction of sp³-hybridized carbons (Fsp3) is 0.261. The number of rotatable bonds is 3. The van der Waals surface area contributed by atoms with Gasteiger partial charge in [-0.05, 0) is 29.8 Å². The van der Waals surface area contributed by atoms with Crippen LogP contribution in [-0.4, -0.2) is 46.2 Å². The molecule has 1 unspecified atom stereocenters. The molecule has 2 heterocycles. The van der Waals surface area contributed by atoms with E-state index in [-0.39, 0.29) is 47.6 Å². The van der Waals surface area contributed by atoms with Crippen LogP contribution in [0, 0.1) is 5.21 Å². The van der Waals surface area contributed by atoms with Crippen molar-refractivity contribution < 1.29 is 24.4 Å². The van der Waals surface area contributed by atoms with Crippen LogP contribution in [0.2, 0.25) is 10.0 Å². The monoisotopic (exact) mass is 477 g/mol. The van der Waals surface area contributed by atoms with Crippen molar-refractivity contribution in [3.8, 4) is 11.5 Å². The highest BCUT2D eigenvalue weighted by Crippen LogP contribution is 2.42. The number of benzene rings is 2. The Morgan fingerprint density at radius 1 is 1.09 bits per heavy atom. The SMILES string of the molecule is C[N+]1([O-])CC[C@H](c2c(O)cc(O)c3c(=O)cc(/C=C/c4cc(Cl)cc(Cl)c4)oc23)[C@H](O)C1. The van der Waals surface area contributed by atoms with Gasteiger partial charge in [-0.15, -0.1) is 0 Å². The molecular weight excluding hydrogens is 457 g/mol. The first-order valence-corrected chi connectivity index (χ1v) is 10.7. The van der Waals surface area contributed by atoms with Gasteiger partial charge >= 0.3 is 0 Å². The third-order valence-electron chi connectivity index (χ3n) is 5.66. The van der Waals surface area contributed by atoms with Crippen molar-refractivity contribution in [2.45, 2.75) is 18.4 Å². The van der Waals surface area contributed by atoms with Gasteiger partial charge in [0.2, 0.25) is 0 Å². The number of likely N-dealkylation sites (N-methyl/N-ethyl adjacent to an activating group) is 1. The lowest BCUT2D eigenvalue weighted by Gasteiger charge is -2.46. The third-order valence-corrected chi connectivity index (χ3v) is 6.10. The first-order valence-electron chi connectivity index (χ1n) is 9.94. The first-order chi connectivity index (χ1) is 15.0. The molecule has 1 aliphatic heterocycles. The molecule has 3 atom stereocenters. The zero-order valence-corrected chi connectivity index (χ0v) is 18.6. The molecule has 7 nitrogen and oxygen atoms in total. The van der Waals surface area contributed by atoms with Crippen molar-refractivity contribution in [1.82, 2.24) is 0 Å². The van der Waals surface area contributed by atoms with E-state index in [1.54, 1.807) is 24.3 Å². The molecule has 1 saturated heterocycles. The molecule has 3 aromatic rings. The zero-order valence-electron chi connectivity index (χ0n) is 17.1. The van der Waals surface area contributed by atoms with Gasteiger partial charge in [-0.3, -0.25) is 4.79 Å². The van der Waals surface area contributed by atoms with Crippen LogP contribution in [0.4, 0.5) is 0 Å². The Balaban J connectivity index is 1.84. The van der Waals surface area contributed by atoms with Crippen molar-refractivity contribution in [3.05, 3.63) is 72.7 Å². The predicted octanol–water partition coefficient (Wildman–Crippen LogP) is 4.47. The molecule has 0 spiro atoms. The maximum Gasteiger partial charge on any atom is 0.197 e. The Hall–Kier alpha value is -2.55. The van der Waals surface area contributed by atoms with E-state index in [1.807, 2.05) is 0 Å². The molecule has 0 saturated carbocycles. The Bertz CT molecular complexity index is 1260. The molecule has 32 heavy (non-hydrogen) atoms. The average Bonchev–Trinajstić information content (AvgIpc) is 2.66. The largest absolute Gasteiger partial charge is 0.633 e. The van der Waals surface area contributed by atoms with Gasteiger partial charge in [0, 0.05) is 40.1 Å². The summed E-state index contributed by atoms with van der Waals surface area (Å²) < 4.78 is 5.30. The molecule has 3 N–H and O–H groups in total. The second-order valence-electron chi connectivity index (χ2n) is 8.25. The highest BCUT2D eigenvalue weighted by atomic mass is 35.5. The number of aliphatic hydroxyl groups is 1. The van der Waals surface area contributed by atoms with Crippen LogP contribution in [0.15, 0.2) is 39.5 Å². The smallest absolute Gasteiger partial charge is 0.197 e. The van der Waals surface area contributed by atoms with E-state index in [2.05, 4.69) is 0 Å². The fourth-order valence-corrected chi connectivity index (χ4v) is 4.73. The van der Waals surface area contributed by atoms with Gasteiger partial charge in [-0.1, -0.05) is 29.3 Å². The second kappa shape index (κ2) is 8.42. The van der Waals surface area contributed by atoms with E-state index in [4.69, 9.17) is 27.6 Å². The van der Waals surface area contributed by atoms with Crippen molar-refractivity contribution in [3.63, 3.8) is 0 Å². The lowest BCUT2D eigenvalue weighted by Crippen LogP contribution is -2.51. The molecule has 0 bridgehead atoms. The number of hydrogen-bond donors (Lipinski definition) is 3. The van der Waals surface area contributed by atoms with Crippen LogP contribution in [0.5, 0.6) is 11.5 Å². The van der Waals surface area contributed by atoms with Gasteiger partial charge in [0.25, 0.3) is 0 Å². The molecule has 9 heteroatoms. The normalized spacial score (nSPS) is 23.8. The van der Waals surface area contributed by atoms with E-state index in [1.165, 1.54) is 19.2 Å². The van der Waals surface area contributed by atoms with Crippen molar-refractivity contribution >= 4 is 46.3 Å². The summed E-state index contributed by atoms with van der Waals surface area (Å²) in [5.74, 6) is -1.21. The van der Waals surface area contributed by atoms with Crippen molar-refractivity contribution in [2.75, 3.05) is 20.1 Å². The van der Waals surface area contributed by atoms with Gasteiger partial charge in [0.15, 0.2) is 5.43 Å². The molecule has 168 valence electrons. The summed E-state index contributed by atoms with van der Waals surface area (Å²) in [5.41, 5.74) is 0.343. The van der Waals surface area contributed by atoms with Crippen LogP contribution in [0.3, 0.4) is 0 Å². The van der Waals surface area contributed by atoms with Crippen LogP contribution < -0.4 is 5.43 Å². The Morgan fingerprint density at radius 2 is 1.78 bits per heavy atom. The van der Waals surface area contributed by atoms with Gasteiger partial charge in [-0.25, -0.2) is 0 Å². The van der Waals surface area contributed by atoms with Crippen LogP contribution >= 0.6 is 23.2 Å². The molecule has 4 rings (SSSR count). The summed E-state index contributed by atoms with van der Waals surface area (Å²) in [5, 5.41) is 44.5. The number of halogens is 2. The quantitative estimate of drug-likeness (QED) is 0.378. The van der Waals surface area contributed by atoms with E-state index in [0.717, 1.165) is 6.07 Å². The molecule has 1 fully saturated rings. The Kier molecular flexibility index (Phi) is 5.96. The van der Waals surface area contributed by atoms with E-state index >= 15 is 0 Å². The summed E-state index contributed by atoms with van der Waals surface area (Å²) in [6.45, 7) is 0.161. The number of hydroxylamine groups is 3. The summed E-state index contributed by atoms with van der Waals surface area (Å²) in [6, 6.07) is 7.24. The fourth-order valence-electron chi connectivity index (χ4n) is 4.19. The molecule has 1 aromatic heterocycles. The zero-order chi connectivity index (χ0) is 23.2. The van der Waals surface area contributed by atoms with Gasteiger partial charge in [0.05, 0.1) is 13.6 Å². The predicted molar refractivity (Wildman–Crippen MR) is 124 cm³/mol. The average molecular weight is 478 g/mol. The topological polar surface area (TPSA) is 114 Å². The van der Waals surface area contributed by atoms with Crippen molar-refractivity contribution in [1.29, 1.82) is 0 Å². The number of aromatic hydroxyl groups is 2. The van der Waals surface area contributed by atoms with E-state index in [9.17, 15) is 25.3 Å². The van der Waals surface area contributed by atoms with Crippen LogP contribution in [0.25, 0.3) is 23.1 Å². The minimum Gasteiger partial charge on any atom is -0.633 e. The minimum absolute atomic E-state index is 0.0233. The van der Waals surface area contributed by atoms with E-state index in [0.29, 0.717) is 15.6 Å². The Morgan fingerprint density at radius 3 is 2.44 bits per heavy atom. The number of phenols is 2. The number of hydrogen-bond acceptors (Lipinski definition) is 6. The maximum absolute atomic E-state index is 12.8. The first kappa shape index (κ1) is 22.6. The summed E-state index contributed by atoms with van der Waals surface area (Å²) in [4.78, 5) is 12.8. The number of likely N-dealkylation sites (tertiary alicyclic amines) is 1. The molecule has 2 aromatic carbocycles. The summed E-state index contributed by atoms with van der Waals surface area (Å²) in [6.07, 6.45) is 2.42. The third kappa shape index (κ3) is 4.48. The second-order valence-corrected chi connectivity index (χ2v) is 9.12. The van der Waals surface area contributed by atoms with Gasteiger partial charge in [-0.2, -0.15) is 0 Å². The number of fused-ring (bicyclic) bond motifs is 1. The molecule has 0 amide bonds. The Labute approximate surface area is 193 Å². The number of phenolic OH excluding ortho intramolecular Hbond substituents is 2. The van der Waals surface area contributed by atoms with Crippen LogP contribution in [-0.2, 0) is 0 Å². The minimum atomic E-state index is -1.05. The van der Waals surface area contributed by atoms with Crippen LogP contribution in [0.1, 0.15) is 29.2 Å². The number of piperidine rings is 1. The maximum atomic E-state index is 12.8. The molecule has 0 radical (unpaired) electrons. The summed E-state index contributed by atoms with van der Waals surface area (Å²) in [7, 11) is 1.47. The van der Waals surface area contributed by atoms with E-state index < -0.39 is 27.8 Å². The molecule has 1 aliphatic rings. The molecule has 0 aliphatic carbocycles. The molecular formula is C23H21Cl2NO6.